The minimum atomic E-state index is -0.314. The average Bonchev–Trinajstić information content (AvgIpc) is 3.10. The third kappa shape index (κ3) is 5.38. The van der Waals surface area contributed by atoms with E-state index in [1.54, 1.807) is 51.5 Å². The number of ether oxygens (including phenoxy) is 3. The molecule has 1 aromatic heterocycles. The van der Waals surface area contributed by atoms with Crippen molar-refractivity contribution in [3.05, 3.63) is 65.5 Å². The second kappa shape index (κ2) is 9.45. The summed E-state index contributed by atoms with van der Waals surface area (Å²) in [6, 6.07) is 14.6. The lowest BCUT2D eigenvalue weighted by atomic mass is 10.2. The number of aromatic nitrogens is 1. The van der Waals surface area contributed by atoms with Gasteiger partial charge in [-0.1, -0.05) is 23.4 Å². The summed E-state index contributed by atoms with van der Waals surface area (Å²) in [5.74, 6) is 2.27. The van der Waals surface area contributed by atoms with Crippen molar-refractivity contribution < 1.29 is 23.5 Å². The molecule has 1 N–H and O–H groups in total. The van der Waals surface area contributed by atoms with E-state index in [4.69, 9.17) is 18.7 Å². The molecule has 3 aromatic rings. The summed E-state index contributed by atoms with van der Waals surface area (Å²) in [7, 11) is 3.21. The molecule has 0 radical (unpaired) electrons. The van der Waals surface area contributed by atoms with Crippen molar-refractivity contribution >= 4 is 23.7 Å². The molecule has 0 bridgehead atoms. The number of rotatable bonds is 8. The Bertz CT molecular complexity index is 975. The minimum Gasteiger partial charge on any atom is -0.497 e. The zero-order chi connectivity index (χ0) is 20.6. The topological polar surface area (TPSA) is 82.8 Å². The maximum Gasteiger partial charge on any atom is 0.262 e. The van der Waals surface area contributed by atoms with Crippen molar-refractivity contribution in [3.8, 4) is 17.2 Å². The largest absolute Gasteiger partial charge is 0.497 e. The van der Waals surface area contributed by atoms with Gasteiger partial charge in [-0.3, -0.25) is 4.79 Å². The molecule has 1 heterocycles. The summed E-state index contributed by atoms with van der Waals surface area (Å²) in [5.41, 5.74) is 2.00. The SMILES string of the molecule is COc1ccc(C=Cc2noc(C)c2NC(=O)COc2ccc(OC)cc2)cc1. The van der Waals surface area contributed by atoms with E-state index in [1.165, 1.54) is 0 Å². The molecule has 7 heteroatoms. The van der Waals surface area contributed by atoms with Gasteiger partial charge in [0.2, 0.25) is 0 Å². The van der Waals surface area contributed by atoms with E-state index < -0.39 is 0 Å². The van der Waals surface area contributed by atoms with Gasteiger partial charge in [-0.15, -0.1) is 0 Å². The number of methoxy groups -OCH3 is 2. The Morgan fingerprint density at radius 2 is 1.55 bits per heavy atom. The van der Waals surface area contributed by atoms with Gasteiger partial charge in [0.05, 0.1) is 14.2 Å². The van der Waals surface area contributed by atoms with Crippen LogP contribution in [0.4, 0.5) is 5.69 Å². The lowest BCUT2D eigenvalue weighted by Crippen LogP contribution is -2.20. The highest BCUT2D eigenvalue weighted by Gasteiger charge is 2.14. The number of hydrogen-bond acceptors (Lipinski definition) is 6. The van der Waals surface area contributed by atoms with Gasteiger partial charge in [0.15, 0.2) is 12.4 Å². The molecule has 0 fully saturated rings. The number of benzene rings is 2. The number of aryl methyl sites for hydroxylation is 1. The van der Waals surface area contributed by atoms with E-state index in [0.717, 1.165) is 17.1 Å². The van der Waals surface area contributed by atoms with Crippen molar-refractivity contribution in [2.75, 3.05) is 26.1 Å². The van der Waals surface area contributed by atoms with E-state index in [-0.39, 0.29) is 12.5 Å². The second-order valence-corrected chi connectivity index (χ2v) is 6.12. The lowest BCUT2D eigenvalue weighted by molar-refractivity contribution is -0.118. The molecular formula is C22H22N2O5. The number of carbonyl (C=O) groups excluding carboxylic acids is 1. The predicted molar refractivity (Wildman–Crippen MR) is 110 cm³/mol. The van der Waals surface area contributed by atoms with Crippen molar-refractivity contribution in [1.29, 1.82) is 0 Å². The molecule has 29 heavy (non-hydrogen) atoms. The zero-order valence-corrected chi connectivity index (χ0v) is 16.5. The van der Waals surface area contributed by atoms with Crippen molar-refractivity contribution in [2.45, 2.75) is 6.92 Å². The quantitative estimate of drug-likeness (QED) is 0.617. The lowest BCUT2D eigenvalue weighted by Gasteiger charge is -2.08. The molecule has 0 saturated heterocycles. The van der Waals surface area contributed by atoms with E-state index in [1.807, 2.05) is 30.3 Å². The van der Waals surface area contributed by atoms with Crippen LogP contribution in [0.15, 0.2) is 53.1 Å². The summed E-state index contributed by atoms with van der Waals surface area (Å²) >= 11 is 0. The molecule has 150 valence electrons. The summed E-state index contributed by atoms with van der Waals surface area (Å²) in [6.45, 7) is 1.59. The molecule has 0 aliphatic carbocycles. The van der Waals surface area contributed by atoms with Gasteiger partial charge in [-0.25, -0.2) is 0 Å². The summed E-state index contributed by atoms with van der Waals surface area (Å²) in [6.07, 6.45) is 3.65. The molecule has 0 spiro atoms. The molecule has 7 nitrogen and oxygen atoms in total. The number of carbonyl (C=O) groups is 1. The molecular weight excluding hydrogens is 372 g/mol. The molecule has 0 unspecified atom stereocenters. The van der Waals surface area contributed by atoms with Crippen LogP contribution < -0.4 is 19.5 Å². The second-order valence-electron chi connectivity index (χ2n) is 6.12. The first-order valence-electron chi connectivity index (χ1n) is 8.94. The molecule has 0 aliphatic heterocycles. The Morgan fingerprint density at radius 3 is 2.17 bits per heavy atom. The van der Waals surface area contributed by atoms with Crippen LogP contribution in [0.5, 0.6) is 17.2 Å². The fourth-order valence-electron chi connectivity index (χ4n) is 2.54. The van der Waals surface area contributed by atoms with Gasteiger partial charge in [0.25, 0.3) is 5.91 Å². The summed E-state index contributed by atoms with van der Waals surface area (Å²) in [5, 5.41) is 6.79. The standard InChI is InChI=1S/C22H22N2O5/c1-15-22(23-21(25)14-28-19-11-9-18(27-3)10-12-19)20(24-29-15)13-6-16-4-7-17(26-2)8-5-16/h4-13H,14H2,1-3H3,(H,23,25). The maximum absolute atomic E-state index is 12.3. The van der Waals surface area contributed by atoms with Gasteiger partial charge in [-0.05, 0) is 55.0 Å². The van der Waals surface area contributed by atoms with Gasteiger partial charge in [0.1, 0.15) is 28.6 Å². The maximum atomic E-state index is 12.3. The van der Waals surface area contributed by atoms with E-state index in [2.05, 4.69) is 10.5 Å². The van der Waals surface area contributed by atoms with Crippen LogP contribution in [0.1, 0.15) is 17.0 Å². The fraction of sp³-hybridized carbons (Fsp3) is 0.182. The number of anilines is 1. The van der Waals surface area contributed by atoms with E-state index >= 15 is 0 Å². The zero-order valence-electron chi connectivity index (χ0n) is 16.5. The highest BCUT2D eigenvalue weighted by molar-refractivity contribution is 5.94. The molecule has 0 saturated carbocycles. The summed E-state index contributed by atoms with van der Waals surface area (Å²) in [4.78, 5) is 12.3. The number of amides is 1. The molecule has 1 amide bonds. The Kier molecular flexibility index (Phi) is 6.52. The Morgan fingerprint density at radius 1 is 0.966 bits per heavy atom. The number of hydrogen-bond donors (Lipinski definition) is 1. The number of nitrogens with zero attached hydrogens (tertiary/aromatic N) is 1. The van der Waals surface area contributed by atoms with Crippen LogP contribution in [0.3, 0.4) is 0 Å². The average molecular weight is 394 g/mol. The predicted octanol–water partition coefficient (Wildman–Crippen LogP) is 4.19. The van der Waals surface area contributed by atoms with Crippen LogP contribution in [-0.4, -0.2) is 31.9 Å². The third-order valence-electron chi connectivity index (χ3n) is 4.13. The van der Waals surface area contributed by atoms with Crippen molar-refractivity contribution in [1.82, 2.24) is 5.16 Å². The van der Waals surface area contributed by atoms with Gasteiger partial charge in [-0.2, -0.15) is 0 Å². The molecule has 0 aliphatic rings. The van der Waals surface area contributed by atoms with Crippen molar-refractivity contribution in [3.63, 3.8) is 0 Å². The van der Waals surface area contributed by atoms with Crippen LogP contribution in [-0.2, 0) is 4.79 Å². The van der Waals surface area contributed by atoms with Crippen LogP contribution in [0, 0.1) is 6.92 Å². The smallest absolute Gasteiger partial charge is 0.262 e. The van der Waals surface area contributed by atoms with Crippen LogP contribution in [0.25, 0.3) is 12.2 Å². The highest BCUT2D eigenvalue weighted by Crippen LogP contribution is 2.23. The minimum absolute atomic E-state index is 0.140. The Hall–Kier alpha value is -3.74. The Labute approximate surface area is 168 Å². The first-order valence-corrected chi connectivity index (χ1v) is 8.94. The normalized spacial score (nSPS) is 10.7. The third-order valence-corrected chi connectivity index (χ3v) is 4.13. The Balaban J connectivity index is 1.62. The highest BCUT2D eigenvalue weighted by atomic mass is 16.5. The van der Waals surface area contributed by atoms with Gasteiger partial charge in [0, 0.05) is 0 Å². The monoisotopic (exact) mass is 394 g/mol. The van der Waals surface area contributed by atoms with Gasteiger partial charge < -0.3 is 24.1 Å². The molecule has 0 atom stereocenters. The fourth-order valence-corrected chi connectivity index (χ4v) is 2.54. The molecule has 2 aromatic carbocycles. The van der Waals surface area contributed by atoms with E-state index in [0.29, 0.717) is 22.9 Å². The first kappa shape index (κ1) is 20.0. The first-order chi connectivity index (χ1) is 14.1. The van der Waals surface area contributed by atoms with E-state index in [9.17, 15) is 4.79 Å². The van der Waals surface area contributed by atoms with Gasteiger partial charge >= 0.3 is 0 Å². The number of nitrogens with one attached hydrogen (secondary N) is 1. The summed E-state index contributed by atoms with van der Waals surface area (Å²) < 4.78 is 21.0. The van der Waals surface area contributed by atoms with Crippen LogP contribution >= 0.6 is 0 Å². The van der Waals surface area contributed by atoms with Crippen LogP contribution in [0.2, 0.25) is 0 Å². The van der Waals surface area contributed by atoms with Crippen molar-refractivity contribution in [2.24, 2.45) is 0 Å². The molecule has 3 rings (SSSR count).